The van der Waals surface area contributed by atoms with E-state index >= 15 is 0 Å². The third kappa shape index (κ3) is 6.87. The lowest BCUT2D eigenvalue weighted by atomic mass is 10.1. The van der Waals surface area contributed by atoms with Crippen molar-refractivity contribution in [1.29, 1.82) is 0 Å². The van der Waals surface area contributed by atoms with Crippen molar-refractivity contribution >= 4 is 23.8 Å². The molecule has 0 saturated heterocycles. The van der Waals surface area contributed by atoms with E-state index in [1.165, 1.54) is 0 Å². The van der Waals surface area contributed by atoms with Crippen molar-refractivity contribution in [3.63, 3.8) is 0 Å². The highest BCUT2D eigenvalue weighted by Gasteiger charge is 2.28. The Kier molecular flexibility index (Phi) is 8.19. The molecule has 0 aliphatic heterocycles. The fourth-order valence-corrected chi connectivity index (χ4v) is 2.08. The van der Waals surface area contributed by atoms with Gasteiger partial charge < -0.3 is 31.7 Å². The summed E-state index contributed by atoms with van der Waals surface area (Å²) in [5, 5.41) is 31.5. The number of carbonyl (C=O) groups is 4. The van der Waals surface area contributed by atoms with Crippen LogP contribution in [0.5, 0.6) is 0 Å². The van der Waals surface area contributed by atoms with Crippen molar-refractivity contribution in [1.82, 2.24) is 10.6 Å². The van der Waals surface area contributed by atoms with Gasteiger partial charge in [-0.15, -0.1) is 0 Å². The van der Waals surface area contributed by atoms with Crippen LogP contribution >= 0.6 is 0 Å². The molecule has 0 saturated carbocycles. The van der Waals surface area contributed by atoms with Crippen molar-refractivity contribution in [2.24, 2.45) is 5.73 Å². The zero-order valence-electron chi connectivity index (χ0n) is 13.8. The highest BCUT2D eigenvalue weighted by atomic mass is 16.4. The second-order valence-corrected chi connectivity index (χ2v) is 5.54. The highest BCUT2D eigenvalue weighted by molar-refractivity contribution is 5.93. The lowest BCUT2D eigenvalue weighted by Crippen LogP contribution is -2.56. The average Bonchev–Trinajstić information content (AvgIpc) is 2.58. The number of nitrogens with one attached hydrogen (secondary N) is 2. The van der Waals surface area contributed by atoms with Crippen LogP contribution in [0, 0.1) is 0 Å². The smallest absolute Gasteiger partial charge is 0.326 e. The first-order chi connectivity index (χ1) is 12.2. The minimum Gasteiger partial charge on any atom is -0.481 e. The number of amides is 2. The van der Waals surface area contributed by atoms with E-state index in [2.05, 4.69) is 10.6 Å². The molecule has 0 aliphatic carbocycles. The third-order valence-electron chi connectivity index (χ3n) is 3.44. The van der Waals surface area contributed by atoms with Crippen molar-refractivity contribution in [2.75, 3.05) is 6.61 Å². The van der Waals surface area contributed by atoms with Gasteiger partial charge in [0.1, 0.15) is 12.1 Å². The molecule has 0 aliphatic rings. The Balaban J connectivity index is 2.71. The Morgan fingerprint density at radius 2 is 1.54 bits per heavy atom. The number of aliphatic hydroxyl groups excluding tert-OH is 1. The third-order valence-corrected chi connectivity index (χ3v) is 3.44. The molecule has 26 heavy (non-hydrogen) atoms. The molecular formula is C16H21N3O7. The molecule has 7 N–H and O–H groups in total. The van der Waals surface area contributed by atoms with Gasteiger partial charge in [-0.3, -0.25) is 14.4 Å². The summed E-state index contributed by atoms with van der Waals surface area (Å²) in [5.41, 5.74) is 6.05. The van der Waals surface area contributed by atoms with Gasteiger partial charge in [0, 0.05) is 6.42 Å². The Labute approximate surface area is 149 Å². The fraction of sp³-hybridized carbons (Fsp3) is 0.375. The van der Waals surface area contributed by atoms with Gasteiger partial charge in [-0.05, 0) is 5.56 Å². The number of aliphatic carboxylic acids is 2. The van der Waals surface area contributed by atoms with E-state index in [1.807, 2.05) is 0 Å². The van der Waals surface area contributed by atoms with Gasteiger partial charge in [-0.2, -0.15) is 0 Å². The topological polar surface area (TPSA) is 179 Å². The lowest BCUT2D eigenvalue weighted by Gasteiger charge is -2.21. The molecule has 2 amide bonds. The molecule has 10 heteroatoms. The monoisotopic (exact) mass is 367 g/mol. The first-order valence-corrected chi connectivity index (χ1v) is 7.70. The maximum absolute atomic E-state index is 12.2. The summed E-state index contributed by atoms with van der Waals surface area (Å²) in [6.07, 6.45) is -0.649. The van der Waals surface area contributed by atoms with Crippen LogP contribution in [0.2, 0.25) is 0 Å². The predicted molar refractivity (Wildman–Crippen MR) is 89.0 cm³/mol. The van der Waals surface area contributed by atoms with Crippen molar-refractivity contribution in [2.45, 2.75) is 31.0 Å². The van der Waals surface area contributed by atoms with Crippen molar-refractivity contribution in [3.8, 4) is 0 Å². The number of hydrogen-bond acceptors (Lipinski definition) is 6. The summed E-state index contributed by atoms with van der Waals surface area (Å²) in [6, 6.07) is 4.44. The maximum atomic E-state index is 12.2. The van der Waals surface area contributed by atoms with Crippen LogP contribution in [0.1, 0.15) is 12.0 Å². The number of carboxylic acid groups (broad SMARTS) is 2. The van der Waals surface area contributed by atoms with E-state index in [0.29, 0.717) is 5.56 Å². The fourth-order valence-electron chi connectivity index (χ4n) is 2.08. The molecular weight excluding hydrogens is 346 g/mol. The van der Waals surface area contributed by atoms with Gasteiger partial charge in [0.05, 0.1) is 19.1 Å². The Hall–Kier alpha value is -2.98. The molecule has 0 aromatic heterocycles. The minimum atomic E-state index is -1.46. The molecule has 3 atom stereocenters. The quantitative estimate of drug-likeness (QED) is 0.277. The molecule has 0 bridgehead atoms. The number of carbonyl (C=O) groups excluding carboxylic acids is 2. The first-order valence-electron chi connectivity index (χ1n) is 7.70. The Morgan fingerprint density at radius 1 is 0.962 bits per heavy atom. The molecule has 0 fully saturated rings. The van der Waals surface area contributed by atoms with E-state index in [4.69, 9.17) is 10.8 Å². The molecule has 1 aromatic carbocycles. The van der Waals surface area contributed by atoms with Gasteiger partial charge >= 0.3 is 11.9 Å². The molecule has 0 heterocycles. The SMILES string of the molecule is N[C@@H](CC(=O)O)C(=O)N[C@@H](CO)C(=O)N[C@@H](Cc1ccccc1)C(=O)O. The second-order valence-electron chi connectivity index (χ2n) is 5.54. The van der Waals surface area contributed by atoms with Gasteiger partial charge in [0.25, 0.3) is 0 Å². The largest absolute Gasteiger partial charge is 0.481 e. The zero-order chi connectivity index (χ0) is 19.7. The molecule has 1 aromatic rings. The maximum Gasteiger partial charge on any atom is 0.326 e. The van der Waals surface area contributed by atoms with E-state index < -0.39 is 54.9 Å². The van der Waals surface area contributed by atoms with Gasteiger partial charge in [-0.25, -0.2) is 4.79 Å². The number of hydrogen-bond donors (Lipinski definition) is 6. The Bertz CT molecular complexity index is 651. The van der Waals surface area contributed by atoms with Crippen molar-refractivity contribution < 1.29 is 34.5 Å². The van der Waals surface area contributed by atoms with E-state index in [-0.39, 0.29) is 6.42 Å². The van der Waals surface area contributed by atoms with Crippen LogP contribution in [0.3, 0.4) is 0 Å². The van der Waals surface area contributed by atoms with Crippen molar-refractivity contribution in [3.05, 3.63) is 35.9 Å². The number of nitrogens with two attached hydrogens (primary N) is 1. The van der Waals surface area contributed by atoms with E-state index in [9.17, 15) is 29.4 Å². The minimum absolute atomic E-state index is 0.00648. The molecule has 1 rings (SSSR count). The highest BCUT2D eigenvalue weighted by Crippen LogP contribution is 2.04. The molecule has 0 unspecified atom stereocenters. The molecule has 142 valence electrons. The van der Waals surface area contributed by atoms with Crippen LogP contribution in [-0.4, -0.2) is 63.8 Å². The van der Waals surface area contributed by atoms with Crippen LogP contribution in [0.15, 0.2) is 30.3 Å². The van der Waals surface area contributed by atoms with Gasteiger partial charge in [-0.1, -0.05) is 30.3 Å². The summed E-state index contributed by atoms with van der Waals surface area (Å²) in [5.74, 6) is -4.46. The van der Waals surface area contributed by atoms with Crippen LogP contribution in [-0.2, 0) is 25.6 Å². The summed E-state index contributed by atoms with van der Waals surface area (Å²) in [4.78, 5) is 45.8. The summed E-state index contributed by atoms with van der Waals surface area (Å²) in [7, 11) is 0. The number of benzene rings is 1. The van der Waals surface area contributed by atoms with Gasteiger partial charge in [0.2, 0.25) is 11.8 Å². The van der Waals surface area contributed by atoms with Crippen LogP contribution in [0.4, 0.5) is 0 Å². The Morgan fingerprint density at radius 3 is 2.04 bits per heavy atom. The lowest BCUT2D eigenvalue weighted by molar-refractivity contribution is -0.143. The molecule has 0 spiro atoms. The average molecular weight is 367 g/mol. The van der Waals surface area contributed by atoms with E-state index in [1.54, 1.807) is 30.3 Å². The summed E-state index contributed by atoms with van der Waals surface area (Å²) < 4.78 is 0. The van der Waals surface area contributed by atoms with Crippen LogP contribution < -0.4 is 16.4 Å². The molecule has 0 radical (unpaired) electrons. The summed E-state index contributed by atoms with van der Waals surface area (Å²) >= 11 is 0. The second kappa shape index (κ2) is 10.1. The standard InChI is InChI=1S/C16H21N3O7/c17-10(7-13(21)22)14(23)19-12(8-20)15(24)18-11(16(25)26)6-9-4-2-1-3-5-9/h1-5,10-12,20H,6-8,17H2,(H,18,24)(H,19,23)(H,21,22)(H,25,26)/t10-,11-,12-/m0/s1. The van der Waals surface area contributed by atoms with Gasteiger partial charge in [0.15, 0.2) is 0 Å². The normalized spacial score (nSPS) is 13.9. The first kappa shape index (κ1) is 21.1. The van der Waals surface area contributed by atoms with Crippen LogP contribution in [0.25, 0.3) is 0 Å². The molecule has 10 nitrogen and oxygen atoms in total. The number of aliphatic hydroxyl groups is 1. The predicted octanol–water partition coefficient (Wildman–Crippen LogP) is -1.92. The number of carboxylic acids is 2. The van der Waals surface area contributed by atoms with E-state index in [0.717, 1.165) is 0 Å². The zero-order valence-corrected chi connectivity index (χ0v) is 13.8. The summed E-state index contributed by atoms with van der Waals surface area (Å²) in [6.45, 7) is -0.810. The number of rotatable bonds is 10.